The topological polar surface area (TPSA) is 71.9 Å². The number of halogens is 2. The summed E-state index contributed by atoms with van der Waals surface area (Å²) in [6, 6.07) is 23.4. The van der Waals surface area contributed by atoms with Crippen LogP contribution in [0.4, 0.5) is 0 Å². The molecule has 2 unspecified atom stereocenters. The SMILES string of the molecule is OC(COc1ccc(OCC(O)CN2CCN(Cc3ccc(Cl)cc3)CC2)cc1)CN1CCN(Cc2ccc(Cl)cc2)CC1. The summed E-state index contributed by atoms with van der Waals surface area (Å²) in [5.41, 5.74) is 2.53. The van der Waals surface area contributed by atoms with Gasteiger partial charge in [-0.1, -0.05) is 47.5 Å². The highest BCUT2D eigenvalue weighted by atomic mass is 35.5. The van der Waals surface area contributed by atoms with Gasteiger partial charge in [-0.15, -0.1) is 0 Å². The molecule has 44 heavy (non-hydrogen) atoms. The van der Waals surface area contributed by atoms with Gasteiger partial charge in [0.05, 0.1) is 0 Å². The lowest BCUT2D eigenvalue weighted by molar-refractivity contribution is 0.0437. The van der Waals surface area contributed by atoms with Gasteiger partial charge in [-0.25, -0.2) is 0 Å². The van der Waals surface area contributed by atoms with Gasteiger partial charge in [0.15, 0.2) is 0 Å². The van der Waals surface area contributed by atoms with Crippen LogP contribution in [0.3, 0.4) is 0 Å². The zero-order valence-corrected chi connectivity index (χ0v) is 26.7. The third-order valence-electron chi connectivity index (χ3n) is 8.22. The molecule has 0 aromatic heterocycles. The summed E-state index contributed by atoms with van der Waals surface area (Å²) < 4.78 is 11.7. The Hall–Kier alpha value is -2.40. The van der Waals surface area contributed by atoms with E-state index in [2.05, 4.69) is 43.9 Å². The number of β-amino-alcohol motifs (C(OH)–C–C–N with tert-alkyl or cyclic N) is 2. The van der Waals surface area contributed by atoms with Crippen molar-refractivity contribution >= 4 is 23.2 Å². The smallest absolute Gasteiger partial charge is 0.119 e. The number of piperazine rings is 2. The van der Waals surface area contributed by atoms with E-state index in [1.165, 1.54) is 11.1 Å². The Morgan fingerprint density at radius 3 is 1.16 bits per heavy atom. The molecule has 0 bridgehead atoms. The molecule has 3 aromatic carbocycles. The maximum atomic E-state index is 10.6. The number of nitrogens with zero attached hydrogens (tertiary/aromatic N) is 4. The Labute approximate surface area is 271 Å². The number of ether oxygens (including phenoxy) is 2. The van der Waals surface area contributed by atoms with E-state index in [1.54, 1.807) is 0 Å². The summed E-state index contributed by atoms with van der Waals surface area (Å²) in [5.74, 6) is 1.36. The average Bonchev–Trinajstić information content (AvgIpc) is 3.04. The molecule has 0 saturated carbocycles. The minimum absolute atomic E-state index is 0.233. The Morgan fingerprint density at radius 2 is 0.818 bits per heavy atom. The Morgan fingerprint density at radius 1 is 0.500 bits per heavy atom. The molecule has 0 amide bonds. The molecule has 2 fully saturated rings. The second-order valence-electron chi connectivity index (χ2n) is 11.8. The first kappa shape index (κ1) is 33.0. The molecule has 2 aliphatic rings. The summed E-state index contributed by atoms with van der Waals surface area (Å²) in [4.78, 5) is 9.43. The van der Waals surface area contributed by atoms with Gasteiger partial charge in [-0.3, -0.25) is 19.6 Å². The van der Waals surface area contributed by atoms with Gasteiger partial charge in [0.25, 0.3) is 0 Å². The summed E-state index contributed by atoms with van der Waals surface area (Å²) >= 11 is 12.0. The van der Waals surface area contributed by atoms with E-state index in [-0.39, 0.29) is 13.2 Å². The van der Waals surface area contributed by atoms with Crippen LogP contribution in [-0.2, 0) is 13.1 Å². The second kappa shape index (κ2) is 16.8. The second-order valence-corrected chi connectivity index (χ2v) is 12.7. The third kappa shape index (κ3) is 10.9. The minimum atomic E-state index is -0.566. The standard InChI is InChI=1S/C34H44Cl2N4O4/c35-29-5-1-27(2-6-29)21-37-13-17-39(18-14-37)23-31(41)25-43-33-9-11-34(12-10-33)44-26-32(42)24-40-19-15-38(16-20-40)22-28-3-7-30(36)8-4-28/h1-12,31-32,41-42H,13-26H2. The molecular formula is C34H44Cl2N4O4. The van der Waals surface area contributed by atoms with Crippen molar-refractivity contribution in [1.29, 1.82) is 0 Å². The van der Waals surface area contributed by atoms with E-state index in [0.717, 1.165) is 75.5 Å². The minimum Gasteiger partial charge on any atom is -0.491 e. The van der Waals surface area contributed by atoms with Crippen LogP contribution in [-0.4, -0.2) is 121 Å². The summed E-state index contributed by atoms with van der Waals surface area (Å²) in [5, 5.41) is 22.6. The molecule has 10 heteroatoms. The highest BCUT2D eigenvalue weighted by Crippen LogP contribution is 2.19. The molecule has 8 nitrogen and oxygen atoms in total. The van der Waals surface area contributed by atoms with Crippen molar-refractivity contribution in [2.75, 3.05) is 78.7 Å². The summed E-state index contributed by atoms with van der Waals surface area (Å²) in [7, 11) is 0. The molecule has 2 atom stereocenters. The summed E-state index contributed by atoms with van der Waals surface area (Å²) in [6.07, 6.45) is -1.13. The van der Waals surface area contributed by atoms with Crippen LogP contribution >= 0.6 is 23.2 Å². The number of aliphatic hydroxyl groups is 2. The van der Waals surface area contributed by atoms with E-state index >= 15 is 0 Å². The fourth-order valence-electron chi connectivity index (χ4n) is 5.67. The Bertz CT molecular complexity index is 1150. The van der Waals surface area contributed by atoms with Gasteiger partial charge in [-0.2, -0.15) is 0 Å². The predicted octanol–water partition coefficient (Wildman–Crippen LogP) is 4.11. The van der Waals surface area contributed by atoms with Crippen molar-refractivity contribution in [2.24, 2.45) is 0 Å². The zero-order chi connectivity index (χ0) is 30.7. The van der Waals surface area contributed by atoms with Crippen LogP contribution in [0.1, 0.15) is 11.1 Å². The Kier molecular flexibility index (Phi) is 12.6. The first-order valence-corrected chi connectivity index (χ1v) is 16.2. The third-order valence-corrected chi connectivity index (χ3v) is 8.72. The quantitative estimate of drug-likeness (QED) is 0.272. The van der Waals surface area contributed by atoms with E-state index < -0.39 is 12.2 Å². The lowest BCUT2D eigenvalue weighted by Gasteiger charge is -2.35. The maximum Gasteiger partial charge on any atom is 0.119 e. The fourth-order valence-corrected chi connectivity index (χ4v) is 5.93. The van der Waals surface area contributed by atoms with Gasteiger partial charge >= 0.3 is 0 Å². The zero-order valence-electron chi connectivity index (χ0n) is 25.2. The van der Waals surface area contributed by atoms with Crippen molar-refractivity contribution in [3.8, 4) is 11.5 Å². The normalized spacial score (nSPS) is 18.6. The lowest BCUT2D eigenvalue weighted by Crippen LogP contribution is -2.48. The molecule has 0 radical (unpaired) electrons. The number of rotatable bonds is 14. The van der Waals surface area contributed by atoms with Crippen LogP contribution in [0, 0.1) is 0 Å². The number of aliphatic hydroxyl groups excluding tert-OH is 2. The number of hydrogen-bond donors (Lipinski definition) is 2. The first-order valence-electron chi connectivity index (χ1n) is 15.5. The highest BCUT2D eigenvalue weighted by molar-refractivity contribution is 6.30. The van der Waals surface area contributed by atoms with Gasteiger partial charge in [-0.05, 0) is 59.7 Å². The molecule has 3 aromatic rings. The van der Waals surface area contributed by atoms with Gasteiger partial charge in [0.1, 0.15) is 36.9 Å². The maximum absolute atomic E-state index is 10.6. The van der Waals surface area contributed by atoms with E-state index in [1.807, 2.05) is 48.5 Å². The lowest BCUT2D eigenvalue weighted by atomic mass is 10.2. The van der Waals surface area contributed by atoms with Crippen LogP contribution in [0.15, 0.2) is 72.8 Å². The average molecular weight is 644 g/mol. The molecule has 5 rings (SSSR count). The molecule has 2 N–H and O–H groups in total. The van der Waals surface area contributed by atoms with E-state index in [0.29, 0.717) is 24.6 Å². The van der Waals surface area contributed by atoms with Crippen LogP contribution in [0.5, 0.6) is 11.5 Å². The van der Waals surface area contributed by atoms with Crippen LogP contribution in [0.25, 0.3) is 0 Å². The van der Waals surface area contributed by atoms with Crippen molar-refractivity contribution in [3.05, 3.63) is 94.0 Å². The first-order chi connectivity index (χ1) is 21.4. The van der Waals surface area contributed by atoms with Crippen molar-refractivity contribution in [1.82, 2.24) is 19.6 Å². The molecule has 2 saturated heterocycles. The van der Waals surface area contributed by atoms with E-state index in [4.69, 9.17) is 32.7 Å². The molecule has 2 heterocycles. The number of benzene rings is 3. The van der Waals surface area contributed by atoms with Gasteiger partial charge in [0, 0.05) is 88.6 Å². The predicted molar refractivity (Wildman–Crippen MR) is 176 cm³/mol. The highest BCUT2D eigenvalue weighted by Gasteiger charge is 2.21. The largest absolute Gasteiger partial charge is 0.491 e. The molecule has 0 aliphatic carbocycles. The van der Waals surface area contributed by atoms with Crippen LogP contribution < -0.4 is 9.47 Å². The molecular weight excluding hydrogens is 599 g/mol. The van der Waals surface area contributed by atoms with E-state index in [9.17, 15) is 10.2 Å². The van der Waals surface area contributed by atoms with Crippen LogP contribution in [0.2, 0.25) is 10.0 Å². The fraction of sp³-hybridized carbons (Fsp3) is 0.471. The molecule has 238 valence electrons. The summed E-state index contributed by atoms with van der Waals surface area (Å²) in [6.45, 7) is 11.0. The Balaban J connectivity index is 0.926. The van der Waals surface area contributed by atoms with Gasteiger partial charge in [0.2, 0.25) is 0 Å². The molecule has 0 spiro atoms. The van der Waals surface area contributed by atoms with Crippen molar-refractivity contribution < 1.29 is 19.7 Å². The number of hydrogen-bond acceptors (Lipinski definition) is 8. The van der Waals surface area contributed by atoms with Crippen molar-refractivity contribution in [3.63, 3.8) is 0 Å². The van der Waals surface area contributed by atoms with Gasteiger partial charge < -0.3 is 19.7 Å². The van der Waals surface area contributed by atoms with Crippen molar-refractivity contribution in [2.45, 2.75) is 25.3 Å². The monoisotopic (exact) mass is 642 g/mol. The molecule has 2 aliphatic heterocycles.